The quantitative estimate of drug-likeness (QED) is 0.475. The highest BCUT2D eigenvalue weighted by molar-refractivity contribution is 7.92. The second-order valence-corrected chi connectivity index (χ2v) is 9.65. The van der Waals surface area contributed by atoms with E-state index in [1.54, 1.807) is 13.1 Å². The van der Waals surface area contributed by atoms with Crippen LogP contribution in [0.25, 0.3) is 22.2 Å². The Morgan fingerprint density at radius 1 is 1.16 bits per heavy atom. The minimum Gasteiger partial charge on any atom is -0.383 e. The van der Waals surface area contributed by atoms with Crippen LogP contribution >= 0.6 is 0 Å². The number of anilines is 2. The number of fused-ring (bicyclic) bond motifs is 1. The summed E-state index contributed by atoms with van der Waals surface area (Å²) in [6.45, 7) is 0. The molecule has 3 aromatic heterocycles. The Labute approximate surface area is 184 Å². The number of hydrogen-bond acceptors (Lipinski definition) is 6. The standard InChI is InChI=1S/C21H22FN7O2S/c1-28-10-18(26-12-28)32(30,31)27-17-7-6-13(8-16(17)22)15-9-29(14-4-2-3-5-14)21-19(15)20(23)24-11-25-21/h6-12,14,27H,2-5H2,1H3,(H2,23,24,25). The molecule has 9 nitrogen and oxygen atoms in total. The lowest BCUT2D eigenvalue weighted by molar-refractivity contribution is 0.532. The summed E-state index contributed by atoms with van der Waals surface area (Å²) >= 11 is 0. The monoisotopic (exact) mass is 455 g/mol. The molecule has 0 unspecified atom stereocenters. The third-order valence-electron chi connectivity index (χ3n) is 5.84. The second kappa shape index (κ2) is 7.59. The van der Waals surface area contributed by atoms with Crippen molar-refractivity contribution in [1.29, 1.82) is 0 Å². The van der Waals surface area contributed by atoms with Gasteiger partial charge in [0.15, 0.2) is 5.03 Å². The van der Waals surface area contributed by atoms with Crippen molar-refractivity contribution in [3.8, 4) is 11.1 Å². The van der Waals surface area contributed by atoms with Gasteiger partial charge >= 0.3 is 0 Å². The fourth-order valence-corrected chi connectivity index (χ4v) is 5.33. The van der Waals surface area contributed by atoms with Gasteiger partial charge in [0.05, 0.1) is 17.4 Å². The molecule has 3 heterocycles. The number of rotatable bonds is 5. The molecule has 1 aliphatic rings. The molecule has 5 rings (SSSR count). The number of sulfonamides is 1. The van der Waals surface area contributed by atoms with E-state index in [0.29, 0.717) is 28.4 Å². The van der Waals surface area contributed by atoms with Crippen LogP contribution in [0.5, 0.6) is 0 Å². The van der Waals surface area contributed by atoms with Crippen LogP contribution in [-0.2, 0) is 17.1 Å². The maximum atomic E-state index is 15.0. The Morgan fingerprint density at radius 2 is 1.94 bits per heavy atom. The fraction of sp³-hybridized carbons (Fsp3) is 0.286. The van der Waals surface area contributed by atoms with Gasteiger partial charge in [0.1, 0.15) is 23.6 Å². The van der Waals surface area contributed by atoms with E-state index < -0.39 is 15.8 Å². The lowest BCUT2D eigenvalue weighted by atomic mass is 10.1. The summed E-state index contributed by atoms with van der Waals surface area (Å²) in [7, 11) is -2.36. The average Bonchev–Trinajstić information content (AvgIpc) is 3.49. The number of aryl methyl sites for hydroxylation is 1. The summed E-state index contributed by atoms with van der Waals surface area (Å²) in [6.07, 6.45) is 10.5. The van der Waals surface area contributed by atoms with E-state index in [1.165, 1.54) is 35.6 Å². The van der Waals surface area contributed by atoms with Gasteiger partial charge in [0.2, 0.25) is 0 Å². The number of nitrogen functional groups attached to an aromatic ring is 1. The number of hydrogen-bond donors (Lipinski definition) is 2. The molecule has 4 aromatic rings. The van der Waals surface area contributed by atoms with Crippen LogP contribution in [0, 0.1) is 5.82 Å². The van der Waals surface area contributed by atoms with Crippen LogP contribution in [0.2, 0.25) is 0 Å². The van der Waals surface area contributed by atoms with Gasteiger partial charge in [-0.15, -0.1) is 0 Å². The van der Waals surface area contributed by atoms with E-state index in [-0.39, 0.29) is 10.7 Å². The van der Waals surface area contributed by atoms with Crippen molar-refractivity contribution in [1.82, 2.24) is 24.1 Å². The van der Waals surface area contributed by atoms with E-state index in [0.717, 1.165) is 31.3 Å². The van der Waals surface area contributed by atoms with Crippen LogP contribution in [0.15, 0.2) is 48.3 Å². The molecule has 1 aliphatic carbocycles. The molecule has 0 saturated heterocycles. The van der Waals surface area contributed by atoms with Gasteiger partial charge in [-0.1, -0.05) is 18.9 Å². The number of nitrogens with two attached hydrogens (primary N) is 1. The summed E-state index contributed by atoms with van der Waals surface area (Å²) in [5.41, 5.74) is 8.00. The normalized spacial score (nSPS) is 14.9. The zero-order valence-corrected chi connectivity index (χ0v) is 18.2. The minimum atomic E-state index is -4.01. The molecule has 0 spiro atoms. The Bertz CT molecular complexity index is 1420. The van der Waals surface area contributed by atoms with Crippen molar-refractivity contribution >= 4 is 32.6 Å². The highest BCUT2D eigenvalue weighted by Crippen LogP contribution is 2.39. The first kappa shape index (κ1) is 20.4. The van der Waals surface area contributed by atoms with E-state index in [2.05, 4.69) is 24.2 Å². The molecule has 11 heteroatoms. The van der Waals surface area contributed by atoms with E-state index in [4.69, 9.17) is 5.73 Å². The van der Waals surface area contributed by atoms with Gasteiger partial charge in [-0.2, -0.15) is 8.42 Å². The molecule has 0 amide bonds. The predicted molar refractivity (Wildman–Crippen MR) is 119 cm³/mol. The van der Waals surface area contributed by atoms with Gasteiger partial charge < -0.3 is 14.9 Å². The predicted octanol–water partition coefficient (Wildman–Crippen LogP) is 3.47. The van der Waals surface area contributed by atoms with Crippen molar-refractivity contribution in [3.05, 3.63) is 49.1 Å². The van der Waals surface area contributed by atoms with Gasteiger partial charge in [-0.25, -0.2) is 19.3 Å². The zero-order valence-electron chi connectivity index (χ0n) is 17.4. The fourth-order valence-electron chi connectivity index (χ4n) is 4.28. The molecular formula is C21H22FN7O2S. The summed E-state index contributed by atoms with van der Waals surface area (Å²) in [6, 6.07) is 4.65. The molecule has 3 N–H and O–H groups in total. The van der Waals surface area contributed by atoms with Crippen molar-refractivity contribution < 1.29 is 12.8 Å². The van der Waals surface area contributed by atoms with Crippen molar-refractivity contribution in [2.24, 2.45) is 7.05 Å². The molecule has 1 saturated carbocycles. The topological polar surface area (TPSA) is 121 Å². The van der Waals surface area contributed by atoms with Crippen molar-refractivity contribution in [3.63, 3.8) is 0 Å². The van der Waals surface area contributed by atoms with E-state index in [9.17, 15) is 12.8 Å². The largest absolute Gasteiger partial charge is 0.383 e. The highest BCUT2D eigenvalue weighted by atomic mass is 32.2. The van der Waals surface area contributed by atoms with E-state index in [1.807, 2.05) is 6.20 Å². The summed E-state index contributed by atoms with van der Waals surface area (Å²) in [5, 5.41) is 0.480. The molecule has 1 fully saturated rings. The van der Waals surface area contributed by atoms with Crippen molar-refractivity contribution in [2.75, 3.05) is 10.5 Å². The van der Waals surface area contributed by atoms with Crippen molar-refractivity contribution in [2.45, 2.75) is 36.8 Å². The molecule has 1 aromatic carbocycles. The summed E-state index contributed by atoms with van der Waals surface area (Å²) < 4.78 is 45.8. The number of benzene rings is 1. The Balaban J connectivity index is 1.54. The minimum absolute atomic E-state index is 0.164. The molecule has 166 valence electrons. The smallest absolute Gasteiger partial charge is 0.281 e. The average molecular weight is 456 g/mol. The maximum absolute atomic E-state index is 15.0. The van der Waals surface area contributed by atoms with Crippen LogP contribution in [0.4, 0.5) is 15.9 Å². The van der Waals surface area contributed by atoms with Gasteiger partial charge in [0.25, 0.3) is 10.0 Å². The molecular weight excluding hydrogens is 433 g/mol. The lowest BCUT2D eigenvalue weighted by Crippen LogP contribution is -2.14. The van der Waals surface area contributed by atoms with Gasteiger partial charge in [0, 0.05) is 31.0 Å². The summed E-state index contributed by atoms with van der Waals surface area (Å²) in [4.78, 5) is 12.4. The van der Waals surface area contributed by atoms with Gasteiger partial charge in [-0.05, 0) is 30.5 Å². The third kappa shape index (κ3) is 3.48. The Morgan fingerprint density at radius 3 is 2.62 bits per heavy atom. The first-order valence-corrected chi connectivity index (χ1v) is 11.7. The van der Waals surface area contributed by atoms with Crippen LogP contribution < -0.4 is 10.5 Å². The molecule has 0 bridgehead atoms. The molecule has 0 radical (unpaired) electrons. The Hall–Kier alpha value is -3.47. The number of nitrogens with one attached hydrogen (secondary N) is 1. The van der Waals surface area contributed by atoms with E-state index >= 15 is 0 Å². The molecule has 0 aliphatic heterocycles. The lowest BCUT2D eigenvalue weighted by Gasteiger charge is -2.12. The van der Waals surface area contributed by atoms with Crippen LogP contribution in [0.3, 0.4) is 0 Å². The number of halogens is 1. The number of aromatic nitrogens is 5. The Kier molecular flexibility index (Phi) is 4.85. The highest BCUT2D eigenvalue weighted by Gasteiger charge is 2.24. The van der Waals surface area contributed by atoms with Gasteiger partial charge in [-0.3, -0.25) is 4.72 Å². The maximum Gasteiger partial charge on any atom is 0.281 e. The first-order chi connectivity index (χ1) is 15.3. The SMILES string of the molecule is Cn1cnc(S(=O)(=O)Nc2ccc(-c3cn(C4CCCC4)c4ncnc(N)c34)cc2F)c1. The number of imidazole rings is 1. The third-order valence-corrected chi connectivity index (χ3v) is 7.09. The first-order valence-electron chi connectivity index (χ1n) is 10.3. The zero-order chi connectivity index (χ0) is 22.5. The molecule has 32 heavy (non-hydrogen) atoms. The number of nitrogens with zero attached hydrogens (tertiary/aromatic N) is 5. The molecule has 0 atom stereocenters. The second-order valence-electron chi connectivity index (χ2n) is 8.02. The van der Waals surface area contributed by atoms with Crippen LogP contribution in [0.1, 0.15) is 31.7 Å². The van der Waals surface area contributed by atoms with Crippen LogP contribution in [-0.4, -0.2) is 32.5 Å². The summed E-state index contributed by atoms with van der Waals surface area (Å²) in [5.74, 6) is -0.388.